The van der Waals surface area contributed by atoms with Crippen molar-refractivity contribution in [1.82, 2.24) is 9.97 Å². The minimum absolute atomic E-state index is 0.0160. The topological polar surface area (TPSA) is 98.5 Å². The van der Waals surface area contributed by atoms with E-state index >= 15 is 0 Å². The number of methoxy groups -OCH3 is 1. The van der Waals surface area contributed by atoms with E-state index in [1.165, 1.54) is 7.11 Å². The van der Waals surface area contributed by atoms with Crippen molar-refractivity contribution in [3.05, 3.63) is 22.5 Å². The quantitative estimate of drug-likeness (QED) is 0.420. The molecule has 0 radical (unpaired) electrons. The van der Waals surface area contributed by atoms with E-state index in [4.69, 9.17) is 0 Å². The Labute approximate surface area is 104 Å². The van der Waals surface area contributed by atoms with Gasteiger partial charge < -0.3 is 9.64 Å². The van der Waals surface area contributed by atoms with Crippen LogP contribution in [0.3, 0.4) is 0 Å². The first kappa shape index (κ1) is 13.8. The van der Waals surface area contributed by atoms with Crippen LogP contribution in [-0.4, -0.2) is 41.1 Å². The SMILES string of the molecule is CCCN(CC(=O)OC)c1ncc([N+](=O)[O-])cn1. The highest BCUT2D eigenvalue weighted by Crippen LogP contribution is 2.12. The number of esters is 1. The average molecular weight is 254 g/mol. The maximum absolute atomic E-state index is 11.2. The molecular formula is C10H14N4O4. The van der Waals surface area contributed by atoms with E-state index in [2.05, 4.69) is 14.7 Å². The molecule has 0 fully saturated rings. The monoisotopic (exact) mass is 254 g/mol. The Kier molecular flexibility index (Phi) is 4.97. The zero-order chi connectivity index (χ0) is 13.5. The second kappa shape index (κ2) is 6.48. The number of hydrogen-bond acceptors (Lipinski definition) is 7. The summed E-state index contributed by atoms with van der Waals surface area (Å²) in [6.45, 7) is 2.52. The van der Waals surface area contributed by atoms with Crippen molar-refractivity contribution in [2.45, 2.75) is 13.3 Å². The molecule has 0 aromatic carbocycles. The van der Waals surface area contributed by atoms with Crippen molar-refractivity contribution in [3.63, 3.8) is 0 Å². The Morgan fingerprint density at radius 1 is 1.50 bits per heavy atom. The van der Waals surface area contributed by atoms with Crippen molar-refractivity contribution in [2.24, 2.45) is 0 Å². The van der Waals surface area contributed by atoms with Crippen LogP contribution in [0.1, 0.15) is 13.3 Å². The van der Waals surface area contributed by atoms with Gasteiger partial charge in [-0.25, -0.2) is 9.97 Å². The van der Waals surface area contributed by atoms with Crippen molar-refractivity contribution >= 4 is 17.6 Å². The molecule has 0 amide bonds. The Bertz CT molecular complexity index is 420. The van der Waals surface area contributed by atoms with E-state index < -0.39 is 10.9 Å². The molecular weight excluding hydrogens is 240 g/mol. The van der Waals surface area contributed by atoms with Crippen LogP contribution in [0.25, 0.3) is 0 Å². The number of carbonyl (C=O) groups is 1. The van der Waals surface area contributed by atoms with Gasteiger partial charge in [-0.05, 0) is 6.42 Å². The van der Waals surface area contributed by atoms with Crippen LogP contribution in [0, 0.1) is 10.1 Å². The molecule has 0 saturated heterocycles. The van der Waals surface area contributed by atoms with Gasteiger partial charge in [-0.3, -0.25) is 14.9 Å². The van der Waals surface area contributed by atoms with Gasteiger partial charge >= 0.3 is 11.7 Å². The molecule has 8 heteroatoms. The number of nitrogens with zero attached hydrogens (tertiary/aromatic N) is 4. The Balaban J connectivity index is 2.84. The molecule has 0 atom stereocenters. The van der Waals surface area contributed by atoms with Crippen molar-refractivity contribution < 1.29 is 14.5 Å². The molecule has 0 aliphatic rings. The van der Waals surface area contributed by atoms with Crippen LogP contribution in [-0.2, 0) is 9.53 Å². The number of aromatic nitrogens is 2. The summed E-state index contributed by atoms with van der Waals surface area (Å²) in [5, 5.41) is 10.5. The molecule has 0 spiro atoms. The molecule has 1 heterocycles. The van der Waals surface area contributed by atoms with Crippen LogP contribution in [0.5, 0.6) is 0 Å². The van der Waals surface area contributed by atoms with Crippen LogP contribution < -0.4 is 4.90 Å². The maximum Gasteiger partial charge on any atom is 0.325 e. The van der Waals surface area contributed by atoms with E-state index in [0.717, 1.165) is 18.8 Å². The third-order valence-electron chi connectivity index (χ3n) is 2.16. The van der Waals surface area contributed by atoms with Gasteiger partial charge in [0.25, 0.3) is 0 Å². The highest BCUT2D eigenvalue weighted by molar-refractivity contribution is 5.74. The lowest BCUT2D eigenvalue weighted by Gasteiger charge is -2.19. The van der Waals surface area contributed by atoms with Gasteiger partial charge in [0.05, 0.1) is 12.0 Å². The summed E-state index contributed by atoms with van der Waals surface area (Å²) in [7, 11) is 1.29. The van der Waals surface area contributed by atoms with E-state index in [1.807, 2.05) is 6.92 Å². The lowest BCUT2D eigenvalue weighted by Crippen LogP contribution is -2.32. The highest BCUT2D eigenvalue weighted by atomic mass is 16.6. The minimum Gasteiger partial charge on any atom is -0.468 e. The van der Waals surface area contributed by atoms with Crippen LogP contribution in [0.15, 0.2) is 12.4 Å². The molecule has 8 nitrogen and oxygen atoms in total. The summed E-state index contributed by atoms with van der Waals surface area (Å²) in [6, 6.07) is 0. The molecule has 1 rings (SSSR count). The standard InChI is InChI=1S/C10H14N4O4/c1-3-4-13(7-9(15)18-2)10-11-5-8(6-12-10)14(16)17/h5-6H,3-4,7H2,1-2H3. The summed E-state index contributed by atoms with van der Waals surface area (Å²) >= 11 is 0. The molecule has 1 aromatic heterocycles. The Hall–Kier alpha value is -2.25. The van der Waals surface area contributed by atoms with Gasteiger partial charge in [-0.1, -0.05) is 6.92 Å². The average Bonchev–Trinajstić information content (AvgIpc) is 2.38. The number of rotatable bonds is 6. The number of anilines is 1. The fourth-order valence-electron chi connectivity index (χ4n) is 1.31. The third kappa shape index (κ3) is 3.65. The smallest absolute Gasteiger partial charge is 0.325 e. The second-order valence-electron chi connectivity index (χ2n) is 3.50. The maximum atomic E-state index is 11.2. The Morgan fingerprint density at radius 3 is 2.56 bits per heavy atom. The van der Waals surface area contributed by atoms with E-state index in [-0.39, 0.29) is 18.2 Å². The number of hydrogen-bond donors (Lipinski definition) is 0. The van der Waals surface area contributed by atoms with Crippen molar-refractivity contribution in [1.29, 1.82) is 0 Å². The summed E-state index contributed by atoms with van der Waals surface area (Å²) in [5.74, 6) is -0.141. The van der Waals surface area contributed by atoms with Crippen molar-refractivity contribution in [3.8, 4) is 0 Å². The van der Waals surface area contributed by atoms with Gasteiger partial charge in [0, 0.05) is 6.54 Å². The number of ether oxygens (including phenoxy) is 1. The number of nitro groups is 1. The summed E-state index contributed by atoms with van der Waals surface area (Å²) in [5.41, 5.74) is -0.187. The highest BCUT2D eigenvalue weighted by Gasteiger charge is 2.15. The first-order chi connectivity index (χ1) is 8.58. The molecule has 0 N–H and O–H groups in total. The van der Waals surface area contributed by atoms with Crippen LogP contribution in [0.2, 0.25) is 0 Å². The predicted molar refractivity (Wildman–Crippen MR) is 63.2 cm³/mol. The van der Waals surface area contributed by atoms with Crippen LogP contribution >= 0.6 is 0 Å². The van der Waals surface area contributed by atoms with Crippen molar-refractivity contribution in [2.75, 3.05) is 25.1 Å². The van der Waals surface area contributed by atoms with Gasteiger partial charge in [0.2, 0.25) is 5.95 Å². The molecule has 0 saturated carbocycles. The fraction of sp³-hybridized carbons (Fsp3) is 0.500. The summed E-state index contributed by atoms with van der Waals surface area (Å²) < 4.78 is 4.57. The zero-order valence-corrected chi connectivity index (χ0v) is 10.2. The third-order valence-corrected chi connectivity index (χ3v) is 2.16. The van der Waals surface area contributed by atoms with Gasteiger partial charge in [0.15, 0.2) is 0 Å². The van der Waals surface area contributed by atoms with E-state index in [0.29, 0.717) is 6.54 Å². The molecule has 0 aliphatic carbocycles. The lowest BCUT2D eigenvalue weighted by atomic mass is 10.4. The predicted octanol–water partition coefficient (Wildman–Crippen LogP) is 0.774. The van der Waals surface area contributed by atoms with Gasteiger partial charge in [0.1, 0.15) is 18.9 Å². The first-order valence-corrected chi connectivity index (χ1v) is 5.36. The van der Waals surface area contributed by atoms with Crippen LogP contribution in [0.4, 0.5) is 11.6 Å². The number of carbonyl (C=O) groups excluding carboxylic acids is 1. The Morgan fingerprint density at radius 2 is 2.11 bits per heavy atom. The summed E-state index contributed by atoms with van der Waals surface area (Å²) in [6.07, 6.45) is 3.02. The first-order valence-electron chi connectivity index (χ1n) is 5.36. The normalized spacial score (nSPS) is 9.89. The molecule has 1 aromatic rings. The molecule has 98 valence electrons. The fourth-order valence-corrected chi connectivity index (χ4v) is 1.31. The summed E-state index contributed by atoms with van der Waals surface area (Å²) in [4.78, 5) is 30.5. The van der Waals surface area contributed by atoms with Gasteiger partial charge in [-0.15, -0.1) is 0 Å². The molecule has 0 aliphatic heterocycles. The van der Waals surface area contributed by atoms with E-state index in [1.54, 1.807) is 4.90 Å². The second-order valence-corrected chi connectivity index (χ2v) is 3.50. The van der Waals surface area contributed by atoms with E-state index in [9.17, 15) is 14.9 Å². The van der Waals surface area contributed by atoms with Gasteiger partial charge in [-0.2, -0.15) is 0 Å². The molecule has 0 unspecified atom stereocenters. The largest absolute Gasteiger partial charge is 0.468 e. The minimum atomic E-state index is -0.575. The lowest BCUT2D eigenvalue weighted by molar-refractivity contribution is -0.385. The molecule has 0 bridgehead atoms. The zero-order valence-electron chi connectivity index (χ0n) is 10.2. The molecule has 18 heavy (non-hydrogen) atoms.